The average Bonchev–Trinajstić information content (AvgIpc) is 2.96. The highest BCUT2D eigenvalue weighted by Gasteiger charge is 2.34. The van der Waals surface area contributed by atoms with Gasteiger partial charge in [-0.1, -0.05) is 67.9 Å². The molecule has 0 aliphatic carbocycles. The molecule has 2 atom stereocenters. The number of halogens is 1. The molecule has 8 nitrogen and oxygen atoms in total. The van der Waals surface area contributed by atoms with Crippen LogP contribution in [0.1, 0.15) is 39.2 Å². The number of sulfonamides is 1. The van der Waals surface area contributed by atoms with Crippen molar-refractivity contribution >= 4 is 39.1 Å². The van der Waals surface area contributed by atoms with Gasteiger partial charge in [0.15, 0.2) is 0 Å². The molecule has 0 fully saturated rings. The van der Waals surface area contributed by atoms with E-state index in [1.165, 1.54) is 24.1 Å². The van der Waals surface area contributed by atoms with E-state index in [1.807, 2.05) is 20.8 Å². The summed E-state index contributed by atoms with van der Waals surface area (Å²) in [6.07, 6.45) is 1.06. The lowest BCUT2D eigenvalue weighted by Gasteiger charge is -2.34. The van der Waals surface area contributed by atoms with Gasteiger partial charge in [0.05, 0.1) is 17.7 Å². The molecule has 3 rings (SSSR count). The van der Waals surface area contributed by atoms with Crippen molar-refractivity contribution < 1.29 is 22.7 Å². The summed E-state index contributed by atoms with van der Waals surface area (Å²) in [7, 11) is -2.74. The summed E-state index contributed by atoms with van der Waals surface area (Å²) in [6, 6.07) is 20.6. The van der Waals surface area contributed by atoms with Crippen molar-refractivity contribution in [3.05, 3.63) is 89.4 Å². The Labute approximate surface area is 241 Å². The first-order chi connectivity index (χ1) is 19.1. The van der Waals surface area contributed by atoms with Crippen LogP contribution in [0.5, 0.6) is 5.75 Å². The number of carbonyl (C=O) groups excluding carboxylic acids is 2. The summed E-state index contributed by atoms with van der Waals surface area (Å²) in [5.74, 6) is -0.541. The van der Waals surface area contributed by atoms with Gasteiger partial charge in [0, 0.05) is 17.6 Å². The molecule has 2 amide bonds. The molecule has 0 saturated heterocycles. The number of benzene rings is 3. The molecule has 40 heavy (non-hydrogen) atoms. The highest BCUT2D eigenvalue weighted by Crippen LogP contribution is 2.32. The summed E-state index contributed by atoms with van der Waals surface area (Å²) in [6.45, 7) is 5.22. The first-order valence-corrected chi connectivity index (χ1v) is 15.0. The van der Waals surface area contributed by atoms with Crippen molar-refractivity contribution in [3.63, 3.8) is 0 Å². The summed E-state index contributed by atoms with van der Waals surface area (Å²) >= 11 is 6.07. The molecule has 0 aliphatic rings. The highest BCUT2D eigenvalue weighted by atomic mass is 35.5. The van der Waals surface area contributed by atoms with E-state index in [2.05, 4.69) is 5.32 Å². The van der Waals surface area contributed by atoms with Crippen LogP contribution in [0.15, 0.2) is 83.8 Å². The summed E-state index contributed by atoms with van der Waals surface area (Å²) in [4.78, 5) is 28.9. The number of nitrogens with zero attached hydrogens (tertiary/aromatic N) is 2. The first-order valence-electron chi connectivity index (χ1n) is 13.2. The molecule has 0 radical (unpaired) electrons. The van der Waals surface area contributed by atoms with E-state index in [4.69, 9.17) is 16.3 Å². The Hall–Kier alpha value is -3.56. The van der Waals surface area contributed by atoms with Crippen LogP contribution < -0.4 is 14.4 Å². The fourth-order valence-corrected chi connectivity index (χ4v) is 5.79. The Balaban J connectivity index is 2.08. The number of methoxy groups -OCH3 is 1. The Bertz CT molecular complexity index is 1380. The maximum absolute atomic E-state index is 14.1. The first kappa shape index (κ1) is 31.0. The van der Waals surface area contributed by atoms with E-state index in [0.29, 0.717) is 17.2 Å². The van der Waals surface area contributed by atoms with Gasteiger partial charge < -0.3 is 15.0 Å². The molecular weight excluding hydrogens is 550 g/mol. The lowest BCUT2D eigenvalue weighted by atomic mass is 10.1. The van der Waals surface area contributed by atoms with Crippen molar-refractivity contribution in [2.24, 2.45) is 0 Å². The number of nitrogens with one attached hydrogen (secondary N) is 1. The van der Waals surface area contributed by atoms with E-state index in [9.17, 15) is 18.0 Å². The number of hydrogen-bond acceptors (Lipinski definition) is 5. The molecule has 0 saturated carbocycles. The number of ether oxygens (including phenoxy) is 1. The Morgan fingerprint density at radius 3 is 2.15 bits per heavy atom. The second-order valence-corrected chi connectivity index (χ2v) is 11.7. The van der Waals surface area contributed by atoms with Crippen LogP contribution in [0.25, 0.3) is 0 Å². The number of para-hydroxylation sites is 2. The van der Waals surface area contributed by atoms with Gasteiger partial charge in [-0.25, -0.2) is 8.42 Å². The van der Waals surface area contributed by atoms with E-state index < -0.39 is 28.5 Å². The molecule has 3 aromatic rings. The van der Waals surface area contributed by atoms with Crippen LogP contribution in [0, 0.1) is 0 Å². The van der Waals surface area contributed by atoms with Gasteiger partial charge in [0.1, 0.15) is 18.3 Å². The maximum atomic E-state index is 14.1. The minimum atomic E-state index is -4.18. The van der Waals surface area contributed by atoms with E-state index in [1.54, 1.807) is 66.7 Å². The Morgan fingerprint density at radius 2 is 1.55 bits per heavy atom. The molecule has 0 aliphatic heterocycles. The van der Waals surface area contributed by atoms with Gasteiger partial charge in [-0.3, -0.25) is 13.9 Å². The summed E-state index contributed by atoms with van der Waals surface area (Å²) < 4.78 is 34.3. The standard InChI is InChI=1S/C30H36ClN3O5S/c1-5-22(3)32-30(36)26(6-2)33(20-23-16-18-24(31)19-17-23)29(35)21-34(27-14-10-11-15-28(27)39-4)40(37,38)25-12-8-7-9-13-25/h7-19,22,26H,5-6,20-21H2,1-4H3,(H,32,36)/t22-,26+/m0/s1. The number of hydrogen-bond donors (Lipinski definition) is 1. The van der Waals surface area contributed by atoms with Crippen molar-refractivity contribution in [1.82, 2.24) is 10.2 Å². The molecule has 0 heterocycles. The highest BCUT2D eigenvalue weighted by molar-refractivity contribution is 7.92. The molecule has 0 spiro atoms. The van der Waals surface area contributed by atoms with E-state index in [-0.39, 0.29) is 29.1 Å². The molecule has 0 unspecified atom stereocenters. The SMILES string of the molecule is CC[C@H](C(=O)N[C@@H](C)CC)N(Cc1ccc(Cl)cc1)C(=O)CN(c1ccccc1OC)S(=O)(=O)c1ccccc1. The summed E-state index contributed by atoms with van der Waals surface area (Å²) in [5.41, 5.74) is 0.966. The normalized spacial score (nSPS) is 12.7. The molecule has 1 N–H and O–H groups in total. The van der Waals surface area contributed by atoms with Crippen LogP contribution in [0.3, 0.4) is 0 Å². The number of anilines is 1. The lowest BCUT2D eigenvalue weighted by molar-refractivity contribution is -0.140. The largest absolute Gasteiger partial charge is 0.495 e. The third-order valence-corrected chi connectivity index (χ3v) is 8.64. The second kappa shape index (κ2) is 14.2. The van der Waals surface area contributed by atoms with Crippen LogP contribution in [0.2, 0.25) is 5.02 Å². The second-order valence-electron chi connectivity index (χ2n) is 9.39. The van der Waals surface area contributed by atoms with Gasteiger partial charge in [-0.15, -0.1) is 0 Å². The zero-order chi connectivity index (χ0) is 29.3. The molecule has 10 heteroatoms. The third-order valence-electron chi connectivity index (χ3n) is 6.62. The number of amides is 2. The Kier molecular flexibility index (Phi) is 11.0. The Morgan fingerprint density at radius 1 is 0.925 bits per heavy atom. The van der Waals surface area contributed by atoms with Gasteiger partial charge in [0.25, 0.3) is 10.0 Å². The van der Waals surface area contributed by atoms with E-state index >= 15 is 0 Å². The molecule has 3 aromatic carbocycles. The molecule has 0 bridgehead atoms. The number of carbonyl (C=O) groups is 2. The van der Waals surface area contributed by atoms with Gasteiger partial charge in [-0.2, -0.15) is 0 Å². The zero-order valence-corrected chi connectivity index (χ0v) is 24.8. The quantitative estimate of drug-likeness (QED) is 0.295. The minimum absolute atomic E-state index is 0.0273. The predicted octanol–water partition coefficient (Wildman–Crippen LogP) is 5.27. The smallest absolute Gasteiger partial charge is 0.264 e. The average molecular weight is 586 g/mol. The van der Waals surface area contributed by atoms with Gasteiger partial charge >= 0.3 is 0 Å². The number of rotatable bonds is 13. The molecule has 214 valence electrons. The fraction of sp³-hybridized carbons (Fsp3) is 0.333. The fourth-order valence-electron chi connectivity index (χ4n) is 4.22. The topological polar surface area (TPSA) is 96.0 Å². The summed E-state index contributed by atoms with van der Waals surface area (Å²) in [5, 5.41) is 3.51. The van der Waals surface area contributed by atoms with E-state index in [0.717, 1.165) is 16.3 Å². The predicted molar refractivity (Wildman–Crippen MR) is 158 cm³/mol. The van der Waals surface area contributed by atoms with Crippen LogP contribution in [0.4, 0.5) is 5.69 Å². The molecular formula is C30H36ClN3O5S. The minimum Gasteiger partial charge on any atom is -0.495 e. The monoisotopic (exact) mass is 585 g/mol. The molecule has 0 aromatic heterocycles. The van der Waals surface area contributed by atoms with Gasteiger partial charge in [-0.05, 0) is 61.7 Å². The van der Waals surface area contributed by atoms with Crippen molar-refractivity contribution in [3.8, 4) is 5.75 Å². The third kappa shape index (κ3) is 7.55. The van der Waals surface area contributed by atoms with Crippen LogP contribution >= 0.6 is 11.6 Å². The van der Waals surface area contributed by atoms with Crippen molar-refractivity contribution in [1.29, 1.82) is 0 Å². The van der Waals surface area contributed by atoms with Crippen LogP contribution in [-0.4, -0.2) is 50.9 Å². The lowest BCUT2D eigenvalue weighted by Crippen LogP contribution is -2.53. The van der Waals surface area contributed by atoms with Crippen molar-refractivity contribution in [2.45, 2.75) is 57.1 Å². The van der Waals surface area contributed by atoms with Crippen LogP contribution in [-0.2, 0) is 26.2 Å². The maximum Gasteiger partial charge on any atom is 0.264 e. The van der Waals surface area contributed by atoms with Crippen molar-refractivity contribution in [2.75, 3.05) is 18.0 Å². The zero-order valence-electron chi connectivity index (χ0n) is 23.2. The van der Waals surface area contributed by atoms with Gasteiger partial charge in [0.2, 0.25) is 11.8 Å².